The van der Waals surface area contributed by atoms with Crippen molar-refractivity contribution in [2.45, 2.75) is 6.54 Å². The molecule has 126 valence electrons. The van der Waals surface area contributed by atoms with Crippen LogP contribution in [0, 0.1) is 0 Å². The van der Waals surface area contributed by atoms with Crippen LogP contribution in [0.1, 0.15) is 5.56 Å². The van der Waals surface area contributed by atoms with E-state index in [-0.39, 0.29) is 0 Å². The average Bonchev–Trinajstić information content (AvgIpc) is 3.26. The number of hydrogen-bond acceptors (Lipinski definition) is 6. The Balaban J connectivity index is 1.67. The van der Waals surface area contributed by atoms with Crippen molar-refractivity contribution in [3.8, 4) is 11.5 Å². The van der Waals surface area contributed by atoms with Gasteiger partial charge in [-0.05, 0) is 41.3 Å². The second-order valence-electron chi connectivity index (χ2n) is 5.57. The van der Waals surface area contributed by atoms with Crippen LogP contribution in [0.15, 0.2) is 53.5 Å². The molecule has 8 heteroatoms. The normalized spacial score (nSPS) is 11.1. The maximum absolute atomic E-state index is 6.36. The van der Waals surface area contributed by atoms with Crippen LogP contribution in [0.5, 0.6) is 0 Å². The Morgan fingerprint density at radius 1 is 1.24 bits per heavy atom. The van der Waals surface area contributed by atoms with Crippen molar-refractivity contribution in [3.63, 3.8) is 0 Å². The van der Waals surface area contributed by atoms with Gasteiger partial charge in [-0.1, -0.05) is 11.6 Å². The van der Waals surface area contributed by atoms with E-state index in [1.54, 1.807) is 18.4 Å². The highest BCUT2D eigenvalue weighted by atomic mass is 35.5. The third kappa shape index (κ3) is 2.79. The van der Waals surface area contributed by atoms with Crippen molar-refractivity contribution >= 4 is 34.0 Å². The molecule has 0 saturated carbocycles. The number of halogens is 1. The van der Waals surface area contributed by atoms with Gasteiger partial charge in [0.05, 0.1) is 12.8 Å². The summed E-state index contributed by atoms with van der Waals surface area (Å²) in [6.45, 7) is 0.346. The lowest BCUT2D eigenvalue weighted by atomic mass is 10.1. The van der Waals surface area contributed by atoms with Crippen molar-refractivity contribution in [2.75, 3.05) is 10.7 Å². The maximum Gasteiger partial charge on any atom is 0.170 e. The molecule has 0 atom stereocenters. The number of H-pyrrole nitrogens is 1. The van der Waals surface area contributed by atoms with Crippen LogP contribution in [0.3, 0.4) is 0 Å². The second-order valence-corrected chi connectivity index (χ2v) is 5.98. The zero-order valence-corrected chi connectivity index (χ0v) is 13.9. The average molecular weight is 355 g/mol. The number of benzene rings is 1. The highest BCUT2D eigenvalue weighted by molar-refractivity contribution is 6.32. The molecule has 3 aromatic heterocycles. The van der Waals surface area contributed by atoms with Gasteiger partial charge in [-0.2, -0.15) is 0 Å². The number of aromatic nitrogens is 3. The third-order valence-corrected chi connectivity index (χ3v) is 4.30. The van der Waals surface area contributed by atoms with Crippen LogP contribution in [-0.2, 0) is 6.54 Å². The summed E-state index contributed by atoms with van der Waals surface area (Å²) >= 11 is 6.36. The first-order chi connectivity index (χ1) is 12.1. The Morgan fingerprint density at radius 2 is 2.12 bits per heavy atom. The van der Waals surface area contributed by atoms with Gasteiger partial charge >= 0.3 is 0 Å². The van der Waals surface area contributed by atoms with Crippen molar-refractivity contribution in [1.82, 2.24) is 15.0 Å². The molecule has 4 aromatic rings. The van der Waals surface area contributed by atoms with Crippen LogP contribution in [-0.4, -0.2) is 15.0 Å². The molecule has 3 heterocycles. The quantitative estimate of drug-likeness (QED) is 0.383. The Labute approximate surface area is 148 Å². The molecule has 0 amide bonds. The lowest BCUT2D eigenvalue weighted by molar-refractivity contribution is 0.580. The SMILES string of the molecule is Nc1c(-c2ccco2)ncnc1N(N)Cc1cc2cc[nH]c2cc1Cl. The number of hydrogen-bond donors (Lipinski definition) is 3. The molecule has 0 fully saturated rings. The molecular formula is C17H15ClN6O. The number of rotatable bonds is 4. The lowest BCUT2D eigenvalue weighted by Gasteiger charge is -2.20. The fourth-order valence-corrected chi connectivity index (χ4v) is 2.95. The van der Waals surface area contributed by atoms with Gasteiger partial charge in [0.2, 0.25) is 0 Å². The molecule has 5 N–H and O–H groups in total. The molecule has 0 radical (unpaired) electrons. The Hall–Kier alpha value is -3.03. The third-order valence-electron chi connectivity index (χ3n) is 3.95. The van der Waals surface area contributed by atoms with E-state index in [2.05, 4.69) is 15.0 Å². The van der Waals surface area contributed by atoms with E-state index in [9.17, 15) is 0 Å². The van der Waals surface area contributed by atoms with Crippen molar-refractivity contribution in [2.24, 2.45) is 5.84 Å². The molecule has 0 aliphatic rings. The van der Waals surface area contributed by atoms with Gasteiger partial charge in [0.25, 0.3) is 0 Å². The largest absolute Gasteiger partial charge is 0.463 e. The predicted molar refractivity (Wildman–Crippen MR) is 97.8 cm³/mol. The molecule has 0 aliphatic heterocycles. The number of nitrogens with one attached hydrogen (secondary N) is 1. The van der Waals surface area contributed by atoms with Crippen molar-refractivity contribution < 1.29 is 4.42 Å². The minimum absolute atomic E-state index is 0.346. The molecule has 0 unspecified atom stereocenters. The molecule has 0 saturated heterocycles. The van der Waals surface area contributed by atoms with E-state index in [1.165, 1.54) is 11.3 Å². The maximum atomic E-state index is 6.36. The first-order valence-corrected chi connectivity index (χ1v) is 7.93. The van der Waals surface area contributed by atoms with Crippen LogP contribution in [0.4, 0.5) is 11.5 Å². The number of nitrogen functional groups attached to an aromatic ring is 1. The summed E-state index contributed by atoms with van der Waals surface area (Å²) < 4.78 is 5.36. The summed E-state index contributed by atoms with van der Waals surface area (Å²) in [5, 5.41) is 3.12. The smallest absolute Gasteiger partial charge is 0.170 e. The molecule has 4 rings (SSSR count). The Morgan fingerprint density at radius 3 is 2.92 bits per heavy atom. The molecule has 25 heavy (non-hydrogen) atoms. The minimum Gasteiger partial charge on any atom is -0.463 e. The molecule has 1 aromatic carbocycles. The van der Waals surface area contributed by atoms with Crippen LogP contribution in [0.2, 0.25) is 5.02 Å². The van der Waals surface area contributed by atoms with Gasteiger partial charge in [0, 0.05) is 16.7 Å². The Bertz CT molecular complexity index is 1030. The van der Waals surface area contributed by atoms with Crippen LogP contribution in [0.25, 0.3) is 22.4 Å². The summed E-state index contributed by atoms with van der Waals surface area (Å²) in [4.78, 5) is 11.5. The zero-order valence-electron chi connectivity index (χ0n) is 13.1. The number of furan rings is 1. The first kappa shape index (κ1) is 15.5. The van der Waals surface area contributed by atoms with E-state index in [0.717, 1.165) is 16.5 Å². The van der Waals surface area contributed by atoms with Gasteiger partial charge in [-0.3, -0.25) is 5.01 Å². The lowest BCUT2D eigenvalue weighted by Crippen LogP contribution is -2.32. The summed E-state index contributed by atoms with van der Waals surface area (Å²) in [5.74, 6) is 7.17. The summed E-state index contributed by atoms with van der Waals surface area (Å²) in [6.07, 6.45) is 4.83. The fraction of sp³-hybridized carbons (Fsp3) is 0.0588. The first-order valence-electron chi connectivity index (χ1n) is 7.55. The van der Waals surface area contributed by atoms with Crippen LogP contribution >= 0.6 is 11.6 Å². The van der Waals surface area contributed by atoms with Gasteiger partial charge in [0.15, 0.2) is 11.6 Å². The molecule has 0 bridgehead atoms. The number of aromatic amines is 1. The van der Waals surface area contributed by atoms with Gasteiger partial charge in [-0.25, -0.2) is 15.8 Å². The Kier molecular flexibility index (Phi) is 3.79. The molecule has 0 spiro atoms. The zero-order chi connectivity index (χ0) is 17.4. The fourth-order valence-electron chi connectivity index (χ4n) is 2.73. The number of anilines is 2. The van der Waals surface area contributed by atoms with Gasteiger partial charge in [-0.15, -0.1) is 0 Å². The highest BCUT2D eigenvalue weighted by Crippen LogP contribution is 2.31. The van der Waals surface area contributed by atoms with E-state index in [4.69, 9.17) is 27.6 Å². The minimum atomic E-state index is 0.346. The van der Waals surface area contributed by atoms with Gasteiger partial charge in [0.1, 0.15) is 17.7 Å². The van der Waals surface area contributed by atoms with E-state index >= 15 is 0 Å². The highest BCUT2D eigenvalue weighted by Gasteiger charge is 2.17. The van der Waals surface area contributed by atoms with Gasteiger partial charge < -0.3 is 15.1 Å². The molecule has 0 aliphatic carbocycles. The monoisotopic (exact) mass is 354 g/mol. The number of fused-ring (bicyclic) bond motifs is 1. The topological polar surface area (TPSA) is 110 Å². The van der Waals surface area contributed by atoms with Crippen molar-refractivity contribution in [1.29, 1.82) is 0 Å². The molecular weight excluding hydrogens is 340 g/mol. The summed E-state index contributed by atoms with van der Waals surface area (Å²) in [6, 6.07) is 9.38. The predicted octanol–water partition coefficient (Wildman–Crippen LogP) is 3.33. The van der Waals surface area contributed by atoms with Crippen molar-refractivity contribution in [3.05, 3.63) is 59.7 Å². The number of hydrazine groups is 1. The summed E-state index contributed by atoms with van der Waals surface area (Å²) in [5.41, 5.74) is 8.88. The second kappa shape index (κ2) is 6.12. The molecule has 7 nitrogen and oxygen atoms in total. The van der Waals surface area contributed by atoms with E-state index < -0.39 is 0 Å². The van der Waals surface area contributed by atoms with Crippen LogP contribution < -0.4 is 16.6 Å². The summed E-state index contributed by atoms with van der Waals surface area (Å²) in [7, 11) is 0. The number of nitrogens with zero attached hydrogens (tertiary/aromatic N) is 3. The van der Waals surface area contributed by atoms with E-state index in [0.29, 0.717) is 34.5 Å². The van der Waals surface area contributed by atoms with E-state index in [1.807, 2.05) is 24.4 Å². The standard InChI is InChI=1S/C17H15ClN6O/c18-12-7-13-10(3-4-21-13)6-11(12)8-24(20)17-15(19)16(22-9-23-17)14-2-1-5-25-14/h1-7,9,21H,8,19-20H2. The number of nitrogens with two attached hydrogens (primary N) is 2.